The second-order valence-electron chi connectivity index (χ2n) is 6.61. The molecule has 2 aromatic rings. The van der Waals surface area contributed by atoms with Crippen molar-refractivity contribution in [2.24, 2.45) is 0 Å². The van der Waals surface area contributed by atoms with Crippen LogP contribution in [0.15, 0.2) is 30.3 Å². The molecule has 0 unspecified atom stereocenters. The van der Waals surface area contributed by atoms with E-state index in [9.17, 15) is 9.59 Å². The largest absolute Gasteiger partial charge is 0.493 e. The molecule has 0 aromatic heterocycles. The molecule has 1 aliphatic rings. The Bertz CT molecular complexity index is 932. The van der Waals surface area contributed by atoms with E-state index < -0.39 is 6.10 Å². The van der Waals surface area contributed by atoms with E-state index in [0.717, 1.165) is 12.8 Å². The summed E-state index contributed by atoms with van der Waals surface area (Å²) >= 11 is 6.31. The lowest BCUT2D eigenvalue weighted by molar-refractivity contribution is -0.122. The van der Waals surface area contributed by atoms with Crippen LogP contribution in [0.1, 0.15) is 37.0 Å². The number of methoxy groups -OCH3 is 1. The van der Waals surface area contributed by atoms with Gasteiger partial charge in [0.1, 0.15) is 5.75 Å². The quantitative estimate of drug-likeness (QED) is 0.646. The van der Waals surface area contributed by atoms with Crippen molar-refractivity contribution in [1.82, 2.24) is 0 Å². The maximum atomic E-state index is 12.7. The zero-order chi connectivity index (χ0) is 21.0. The van der Waals surface area contributed by atoms with Crippen molar-refractivity contribution >= 4 is 34.8 Å². The molecular weight excluding hydrogens is 396 g/mol. The third-order valence-corrected chi connectivity index (χ3v) is 4.68. The van der Waals surface area contributed by atoms with E-state index in [-0.39, 0.29) is 11.8 Å². The number of hydrogen-bond acceptors (Lipinski definition) is 5. The average Bonchev–Trinajstić information content (AvgIpc) is 2.70. The van der Waals surface area contributed by atoms with Crippen LogP contribution in [0.5, 0.6) is 17.2 Å². The summed E-state index contributed by atoms with van der Waals surface area (Å²) in [6.07, 6.45) is 1.32. The molecule has 0 saturated carbocycles. The van der Waals surface area contributed by atoms with Crippen LogP contribution >= 0.6 is 11.6 Å². The summed E-state index contributed by atoms with van der Waals surface area (Å²) in [6.45, 7) is 4.24. The van der Waals surface area contributed by atoms with Crippen LogP contribution in [0.4, 0.5) is 11.4 Å². The van der Waals surface area contributed by atoms with Gasteiger partial charge in [-0.3, -0.25) is 9.59 Å². The van der Waals surface area contributed by atoms with Gasteiger partial charge in [0.15, 0.2) is 17.6 Å². The van der Waals surface area contributed by atoms with Crippen LogP contribution in [0.2, 0.25) is 5.02 Å². The van der Waals surface area contributed by atoms with E-state index in [2.05, 4.69) is 17.6 Å². The van der Waals surface area contributed by atoms with Crippen LogP contribution in [-0.4, -0.2) is 31.6 Å². The van der Waals surface area contributed by atoms with Crippen molar-refractivity contribution in [3.8, 4) is 17.2 Å². The number of amides is 2. The predicted molar refractivity (Wildman–Crippen MR) is 112 cm³/mol. The molecule has 7 nitrogen and oxygen atoms in total. The Morgan fingerprint density at radius 1 is 1.31 bits per heavy atom. The van der Waals surface area contributed by atoms with Gasteiger partial charge in [-0.2, -0.15) is 0 Å². The van der Waals surface area contributed by atoms with Gasteiger partial charge in [-0.05, 0) is 43.7 Å². The topological polar surface area (TPSA) is 85.9 Å². The number of fused-ring (bicyclic) bond motifs is 1. The molecule has 29 heavy (non-hydrogen) atoms. The lowest BCUT2D eigenvalue weighted by atomic mass is 10.1. The highest BCUT2D eigenvalue weighted by molar-refractivity contribution is 6.32. The third kappa shape index (κ3) is 4.74. The Morgan fingerprint density at radius 2 is 2.10 bits per heavy atom. The fourth-order valence-corrected chi connectivity index (χ4v) is 3.06. The maximum Gasteiger partial charge on any atom is 0.265 e. The smallest absolute Gasteiger partial charge is 0.265 e. The average molecular weight is 419 g/mol. The van der Waals surface area contributed by atoms with Crippen molar-refractivity contribution in [3.63, 3.8) is 0 Å². The minimum atomic E-state index is -0.560. The van der Waals surface area contributed by atoms with Gasteiger partial charge in [-0.1, -0.05) is 24.9 Å². The molecule has 0 radical (unpaired) electrons. The van der Waals surface area contributed by atoms with E-state index >= 15 is 0 Å². The molecule has 0 fully saturated rings. The van der Waals surface area contributed by atoms with Gasteiger partial charge >= 0.3 is 0 Å². The maximum absolute atomic E-state index is 12.7. The first-order chi connectivity index (χ1) is 13.9. The molecule has 2 aromatic carbocycles. The fraction of sp³-hybridized carbons (Fsp3) is 0.333. The van der Waals surface area contributed by atoms with E-state index in [1.165, 1.54) is 13.2 Å². The van der Waals surface area contributed by atoms with Gasteiger partial charge in [0, 0.05) is 11.3 Å². The highest BCUT2D eigenvalue weighted by Gasteiger charge is 2.24. The molecule has 8 heteroatoms. The summed E-state index contributed by atoms with van der Waals surface area (Å²) in [6, 6.07) is 8.14. The predicted octanol–water partition coefficient (Wildman–Crippen LogP) is 4.50. The number of ether oxygens (including phenoxy) is 3. The van der Waals surface area contributed by atoms with E-state index in [0.29, 0.717) is 45.8 Å². The van der Waals surface area contributed by atoms with Gasteiger partial charge in [0.2, 0.25) is 0 Å². The van der Waals surface area contributed by atoms with Gasteiger partial charge < -0.3 is 24.8 Å². The van der Waals surface area contributed by atoms with Crippen LogP contribution < -0.4 is 24.8 Å². The molecule has 0 bridgehead atoms. The summed E-state index contributed by atoms with van der Waals surface area (Å²) in [5.74, 6) is 0.743. The molecule has 1 aliphatic heterocycles. The molecule has 0 spiro atoms. The summed E-state index contributed by atoms with van der Waals surface area (Å²) < 4.78 is 16.5. The normalized spacial score (nSPS) is 15.0. The Hall–Kier alpha value is -2.93. The van der Waals surface area contributed by atoms with Crippen LogP contribution in [-0.2, 0) is 4.79 Å². The second-order valence-corrected chi connectivity index (χ2v) is 7.01. The third-order valence-electron chi connectivity index (χ3n) is 4.40. The lowest BCUT2D eigenvalue weighted by Crippen LogP contribution is -2.34. The first-order valence-electron chi connectivity index (χ1n) is 9.36. The monoisotopic (exact) mass is 418 g/mol. The van der Waals surface area contributed by atoms with Crippen molar-refractivity contribution in [1.29, 1.82) is 0 Å². The SMILES string of the molecule is CCCCOc1c(Cl)cc(C(=O)Nc2ccc3c(c2)NC(=O)[C@@H](C)O3)cc1OC. The molecule has 1 atom stereocenters. The minimum absolute atomic E-state index is 0.240. The zero-order valence-corrected chi connectivity index (χ0v) is 17.3. The number of nitrogens with one attached hydrogen (secondary N) is 2. The van der Waals surface area contributed by atoms with Crippen molar-refractivity contribution in [2.45, 2.75) is 32.8 Å². The number of hydrogen-bond donors (Lipinski definition) is 2. The van der Waals surface area contributed by atoms with Crippen LogP contribution in [0.25, 0.3) is 0 Å². The second kappa shape index (κ2) is 9.05. The van der Waals surface area contributed by atoms with E-state index in [4.69, 9.17) is 25.8 Å². The highest BCUT2D eigenvalue weighted by atomic mass is 35.5. The highest BCUT2D eigenvalue weighted by Crippen LogP contribution is 2.37. The van der Waals surface area contributed by atoms with Gasteiger partial charge in [0.05, 0.1) is 24.4 Å². The van der Waals surface area contributed by atoms with Crippen molar-refractivity contribution in [2.75, 3.05) is 24.4 Å². The zero-order valence-electron chi connectivity index (χ0n) is 16.5. The lowest BCUT2D eigenvalue weighted by Gasteiger charge is -2.23. The Kier molecular flexibility index (Phi) is 6.49. The van der Waals surface area contributed by atoms with Crippen molar-refractivity contribution in [3.05, 3.63) is 40.9 Å². The first-order valence-corrected chi connectivity index (χ1v) is 9.74. The number of halogens is 1. The molecule has 1 heterocycles. The molecule has 2 amide bonds. The number of anilines is 2. The molecule has 154 valence electrons. The summed E-state index contributed by atoms with van der Waals surface area (Å²) in [4.78, 5) is 24.5. The number of unbranched alkanes of at least 4 members (excludes halogenated alkanes) is 1. The van der Waals surface area contributed by atoms with E-state index in [1.807, 2.05) is 0 Å². The molecule has 0 aliphatic carbocycles. The summed E-state index contributed by atoms with van der Waals surface area (Å²) in [5, 5.41) is 5.83. The fourth-order valence-electron chi connectivity index (χ4n) is 2.80. The van der Waals surface area contributed by atoms with Crippen LogP contribution in [0.3, 0.4) is 0 Å². The number of rotatable bonds is 7. The van der Waals surface area contributed by atoms with Crippen LogP contribution in [0, 0.1) is 0 Å². The molecule has 3 rings (SSSR count). The molecular formula is C21H23ClN2O5. The Morgan fingerprint density at radius 3 is 2.83 bits per heavy atom. The summed E-state index contributed by atoms with van der Waals surface area (Å²) in [7, 11) is 1.49. The van der Waals surface area contributed by atoms with Gasteiger partial charge in [-0.15, -0.1) is 0 Å². The number of benzene rings is 2. The first kappa shape index (κ1) is 20.8. The van der Waals surface area contributed by atoms with Gasteiger partial charge in [-0.25, -0.2) is 0 Å². The van der Waals surface area contributed by atoms with E-state index in [1.54, 1.807) is 31.2 Å². The minimum Gasteiger partial charge on any atom is -0.493 e. The Balaban J connectivity index is 1.78. The van der Waals surface area contributed by atoms with Crippen molar-refractivity contribution < 1.29 is 23.8 Å². The summed E-state index contributed by atoms with van der Waals surface area (Å²) in [5.41, 5.74) is 1.33. The standard InChI is InChI=1S/C21H23ClN2O5/c1-4-5-8-28-19-15(22)9-13(10-18(19)27-3)21(26)23-14-6-7-17-16(11-14)24-20(25)12(2)29-17/h6-7,9-12H,4-5,8H2,1-3H3,(H,23,26)(H,24,25)/t12-/m1/s1. The number of carbonyl (C=O) groups excluding carboxylic acids is 2. The number of carbonyl (C=O) groups is 2. The van der Waals surface area contributed by atoms with Gasteiger partial charge in [0.25, 0.3) is 11.8 Å². The molecule has 2 N–H and O–H groups in total. The Labute approximate surface area is 174 Å². The molecule has 0 saturated heterocycles.